The normalized spacial score (nSPS) is 10.3. The van der Waals surface area contributed by atoms with Crippen LogP contribution in [-0.2, 0) is 9.53 Å². The first-order valence-corrected chi connectivity index (χ1v) is 7.34. The summed E-state index contributed by atoms with van der Waals surface area (Å²) in [5.74, 6) is -2.49. The van der Waals surface area contributed by atoms with Gasteiger partial charge in [-0.1, -0.05) is 0 Å². The smallest absolute Gasteiger partial charge is 0.387 e. The third kappa shape index (κ3) is 5.62. The number of carbonyl (C=O) groups is 3. The number of aromatic nitrogens is 1. The quantitative estimate of drug-likeness (QED) is 0.789. The third-order valence-corrected chi connectivity index (χ3v) is 3.08. The average Bonchev–Trinajstić information content (AvgIpc) is 2.60. The molecule has 0 unspecified atom stereocenters. The second-order valence-corrected chi connectivity index (χ2v) is 5.04. The largest absolute Gasteiger partial charge is 0.452 e. The van der Waals surface area contributed by atoms with Crippen LogP contribution in [0.4, 0.5) is 8.78 Å². The number of amides is 2. The van der Waals surface area contributed by atoms with E-state index < -0.39 is 31.0 Å². The van der Waals surface area contributed by atoms with Crippen LogP contribution in [0.15, 0.2) is 42.6 Å². The standard InChI is InChI=1S/C17H14F2N2O5/c1-10-2-3-12(8-20-10)16(24)25-9-14(22)21-15(23)11-4-6-13(7-5-11)26-17(18)19/h2-8,17H,9H2,1H3,(H,21,22,23). The molecule has 0 atom stereocenters. The lowest BCUT2D eigenvalue weighted by atomic mass is 10.2. The SMILES string of the molecule is Cc1ccc(C(=O)OCC(=O)NC(=O)c2ccc(OC(F)F)cc2)cn1. The number of nitrogens with one attached hydrogen (secondary N) is 1. The molecule has 0 aliphatic heterocycles. The Morgan fingerprint density at radius 2 is 1.73 bits per heavy atom. The molecule has 0 aliphatic carbocycles. The Kier molecular flexibility index (Phi) is 6.31. The van der Waals surface area contributed by atoms with Crippen LogP contribution in [-0.4, -0.2) is 36.0 Å². The van der Waals surface area contributed by atoms with Gasteiger partial charge in [-0.25, -0.2) is 4.79 Å². The predicted octanol–water partition coefficient (Wildman–Crippen LogP) is 2.10. The summed E-state index contributed by atoms with van der Waals surface area (Å²) < 4.78 is 33.0. The van der Waals surface area contributed by atoms with E-state index in [2.05, 4.69) is 9.72 Å². The minimum Gasteiger partial charge on any atom is -0.452 e. The van der Waals surface area contributed by atoms with Crippen LogP contribution in [0, 0.1) is 6.92 Å². The molecule has 0 radical (unpaired) electrons. The van der Waals surface area contributed by atoms with Gasteiger partial charge in [-0.2, -0.15) is 8.78 Å². The number of nitrogens with zero attached hydrogens (tertiary/aromatic N) is 1. The number of imide groups is 1. The monoisotopic (exact) mass is 364 g/mol. The van der Waals surface area contributed by atoms with Gasteiger partial charge in [0.25, 0.3) is 11.8 Å². The lowest BCUT2D eigenvalue weighted by Crippen LogP contribution is -2.34. The van der Waals surface area contributed by atoms with Gasteiger partial charge in [0.05, 0.1) is 5.56 Å². The topological polar surface area (TPSA) is 94.6 Å². The highest BCUT2D eigenvalue weighted by molar-refractivity contribution is 6.05. The number of pyridine rings is 1. The van der Waals surface area contributed by atoms with Crippen molar-refractivity contribution in [2.45, 2.75) is 13.5 Å². The van der Waals surface area contributed by atoms with Gasteiger partial charge in [-0.15, -0.1) is 0 Å². The summed E-state index contributed by atoms with van der Waals surface area (Å²) in [5, 5.41) is 2.01. The number of rotatable bonds is 6. The van der Waals surface area contributed by atoms with E-state index in [1.807, 2.05) is 5.32 Å². The van der Waals surface area contributed by atoms with Crippen molar-refractivity contribution in [3.05, 3.63) is 59.4 Å². The summed E-state index contributed by atoms with van der Waals surface area (Å²) in [6.07, 6.45) is 1.31. The molecule has 7 nitrogen and oxygen atoms in total. The van der Waals surface area contributed by atoms with E-state index in [1.165, 1.54) is 24.4 Å². The van der Waals surface area contributed by atoms with Gasteiger partial charge in [0.1, 0.15) is 5.75 Å². The van der Waals surface area contributed by atoms with Crippen molar-refractivity contribution in [3.63, 3.8) is 0 Å². The first-order valence-electron chi connectivity index (χ1n) is 7.34. The minimum atomic E-state index is -2.98. The molecule has 9 heteroatoms. The van der Waals surface area contributed by atoms with E-state index >= 15 is 0 Å². The molecule has 1 aromatic carbocycles. The summed E-state index contributed by atoms with van der Waals surface area (Å²) in [4.78, 5) is 39.2. The van der Waals surface area contributed by atoms with Crippen molar-refractivity contribution in [2.24, 2.45) is 0 Å². The summed E-state index contributed by atoms with van der Waals surface area (Å²) in [5.41, 5.74) is 0.938. The van der Waals surface area contributed by atoms with Crippen molar-refractivity contribution >= 4 is 17.8 Å². The molecule has 2 rings (SSSR count). The molecule has 0 bridgehead atoms. The lowest BCUT2D eigenvalue weighted by Gasteiger charge is -2.07. The molecule has 26 heavy (non-hydrogen) atoms. The molecule has 1 heterocycles. The van der Waals surface area contributed by atoms with E-state index in [4.69, 9.17) is 4.74 Å². The molecule has 0 saturated carbocycles. The molecular formula is C17H14F2N2O5. The number of benzene rings is 1. The molecule has 0 fully saturated rings. The summed E-state index contributed by atoms with van der Waals surface area (Å²) in [6, 6.07) is 7.86. The zero-order chi connectivity index (χ0) is 19.1. The highest BCUT2D eigenvalue weighted by atomic mass is 19.3. The number of hydrogen-bond acceptors (Lipinski definition) is 6. The first-order chi connectivity index (χ1) is 12.3. The Hall–Kier alpha value is -3.36. The number of ether oxygens (including phenoxy) is 2. The Labute approximate surface area is 146 Å². The maximum Gasteiger partial charge on any atom is 0.387 e. The minimum absolute atomic E-state index is 0.0500. The zero-order valence-corrected chi connectivity index (χ0v) is 13.6. The Balaban J connectivity index is 1.84. The van der Waals surface area contributed by atoms with Gasteiger partial charge in [0, 0.05) is 17.5 Å². The summed E-state index contributed by atoms with van der Waals surface area (Å²) in [6.45, 7) is -1.89. The van der Waals surface area contributed by atoms with Crippen LogP contribution >= 0.6 is 0 Å². The Bertz CT molecular complexity index is 792. The number of esters is 1. The Morgan fingerprint density at radius 1 is 1.08 bits per heavy atom. The van der Waals surface area contributed by atoms with Crippen LogP contribution in [0.3, 0.4) is 0 Å². The fraction of sp³-hybridized carbons (Fsp3) is 0.176. The fourth-order valence-corrected chi connectivity index (χ4v) is 1.83. The number of halogens is 2. The van der Waals surface area contributed by atoms with Gasteiger partial charge in [0.2, 0.25) is 0 Å². The van der Waals surface area contributed by atoms with E-state index in [-0.39, 0.29) is 16.9 Å². The highest BCUT2D eigenvalue weighted by Crippen LogP contribution is 2.14. The second-order valence-electron chi connectivity index (χ2n) is 5.04. The summed E-state index contributed by atoms with van der Waals surface area (Å²) >= 11 is 0. The number of hydrogen-bond donors (Lipinski definition) is 1. The van der Waals surface area contributed by atoms with Crippen molar-refractivity contribution in [2.75, 3.05) is 6.61 Å². The average molecular weight is 364 g/mol. The first kappa shape index (κ1) is 19.0. The molecule has 0 aliphatic rings. The highest BCUT2D eigenvalue weighted by Gasteiger charge is 2.14. The second kappa shape index (κ2) is 8.65. The van der Waals surface area contributed by atoms with Crippen LogP contribution in [0.1, 0.15) is 26.4 Å². The maximum atomic E-state index is 12.1. The number of aryl methyl sites for hydroxylation is 1. The van der Waals surface area contributed by atoms with Crippen LogP contribution < -0.4 is 10.1 Å². The third-order valence-electron chi connectivity index (χ3n) is 3.08. The molecular weight excluding hydrogens is 350 g/mol. The number of alkyl halides is 2. The molecule has 2 aromatic rings. The fourth-order valence-electron chi connectivity index (χ4n) is 1.83. The molecule has 136 valence electrons. The summed E-state index contributed by atoms with van der Waals surface area (Å²) in [7, 11) is 0. The van der Waals surface area contributed by atoms with Crippen molar-refractivity contribution in [3.8, 4) is 5.75 Å². The van der Waals surface area contributed by atoms with Gasteiger partial charge >= 0.3 is 12.6 Å². The van der Waals surface area contributed by atoms with Crippen LogP contribution in [0.25, 0.3) is 0 Å². The number of carbonyl (C=O) groups excluding carboxylic acids is 3. The molecule has 2 amide bonds. The molecule has 0 spiro atoms. The van der Waals surface area contributed by atoms with Crippen molar-refractivity contribution < 1.29 is 32.6 Å². The van der Waals surface area contributed by atoms with Crippen LogP contribution in [0.5, 0.6) is 5.75 Å². The van der Waals surface area contributed by atoms with E-state index in [0.29, 0.717) is 0 Å². The van der Waals surface area contributed by atoms with Crippen molar-refractivity contribution in [1.29, 1.82) is 0 Å². The Morgan fingerprint density at radius 3 is 2.31 bits per heavy atom. The van der Waals surface area contributed by atoms with E-state index in [0.717, 1.165) is 17.8 Å². The lowest BCUT2D eigenvalue weighted by molar-refractivity contribution is -0.123. The predicted molar refractivity (Wildman–Crippen MR) is 84.8 cm³/mol. The maximum absolute atomic E-state index is 12.1. The zero-order valence-electron chi connectivity index (χ0n) is 13.6. The van der Waals surface area contributed by atoms with Crippen LogP contribution in [0.2, 0.25) is 0 Å². The molecule has 1 N–H and O–H groups in total. The van der Waals surface area contributed by atoms with E-state index in [1.54, 1.807) is 13.0 Å². The molecule has 1 aromatic heterocycles. The van der Waals surface area contributed by atoms with Crippen molar-refractivity contribution in [1.82, 2.24) is 10.3 Å². The van der Waals surface area contributed by atoms with Gasteiger partial charge in [0.15, 0.2) is 6.61 Å². The van der Waals surface area contributed by atoms with Gasteiger partial charge < -0.3 is 9.47 Å². The van der Waals surface area contributed by atoms with Gasteiger partial charge in [-0.3, -0.25) is 19.9 Å². The van der Waals surface area contributed by atoms with Gasteiger partial charge in [-0.05, 0) is 43.3 Å². The molecule has 0 saturated heterocycles. The van der Waals surface area contributed by atoms with E-state index in [9.17, 15) is 23.2 Å².